The lowest BCUT2D eigenvalue weighted by Gasteiger charge is -2.31. The van der Waals surface area contributed by atoms with Crippen LogP contribution in [0, 0.1) is 12.3 Å². The molecule has 0 saturated carbocycles. The number of benzene rings is 2. The molecule has 1 saturated heterocycles. The van der Waals surface area contributed by atoms with E-state index in [0.29, 0.717) is 25.2 Å². The second-order valence-corrected chi connectivity index (χ2v) is 8.33. The molecule has 178 valence electrons. The normalized spacial score (nSPS) is 15.8. The molecule has 1 amide bonds. The van der Waals surface area contributed by atoms with Crippen molar-refractivity contribution in [3.05, 3.63) is 70.3 Å². The lowest BCUT2D eigenvalue weighted by Crippen LogP contribution is -2.50. The number of hydroxylamine groups is 2. The van der Waals surface area contributed by atoms with Crippen molar-refractivity contribution in [2.75, 3.05) is 25.0 Å². The molecule has 1 fully saturated rings. The summed E-state index contributed by atoms with van der Waals surface area (Å²) in [5.74, 6) is -0.231. The number of nitrogens with zero attached hydrogens (tertiary/aromatic N) is 3. The van der Waals surface area contributed by atoms with Crippen molar-refractivity contribution < 1.29 is 9.63 Å². The van der Waals surface area contributed by atoms with Crippen LogP contribution in [0.2, 0.25) is 0 Å². The van der Waals surface area contributed by atoms with Crippen LogP contribution in [0.15, 0.2) is 53.5 Å². The summed E-state index contributed by atoms with van der Waals surface area (Å²) in [7, 11) is 0. The van der Waals surface area contributed by atoms with Gasteiger partial charge in [0.05, 0.1) is 19.2 Å². The average Bonchev–Trinajstić information content (AvgIpc) is 2.83. The fourth-order valence-electron chi connectivity index (χ4n) is 3.93. The van der Waals surface area contributed by atoms with Crippen LogP contribution in [0.1, 0.15) is 17.7 Å². The van der Waals surface area contributed by atoms with E-state index in [1.807, 2.05) is 12.1 Å². The van der Waals surface area contributed by atoms with Crippen molar-refractivity contribution in [2.45, 2.75) is 32.4 Å². The van der Waals surface area contributed by atoms with Crippen LogP contribution in [0.4, 0.5) is 5.82 Å². The van der Waals surface area contributed by atoms with Crippen molar-refractivity contribution in [2.24, 2.45) is 5.73 Å². The zero-order chi connectivity index (χ0) is 24.1. The molecule has 2 aromatic carbocycles. The second kappa shape index (κ2) is 10.3. The largest absolute Gasteiger partial charge is 0.368 e. The van der Waals surface area contributed by atoms with E-state index < -0.39 is 0 Å². The summed E-state index contributed by atoms with van der Waals surface area (Å²) in [5.41, 5.74) is 6.83. The topological polar surface area (TPSA) is 138 Å². The molecule has 0 radical (unpaired) electrons. The van der Waals surface area contributed by atoms with E-state index in [1.54, 1.807) is 13.1 Å². The predicted octanol–water partition coefficient (Wildman–Crippen LogP) is 1.38. The number of anilines is 1. The Morgan fingerprint density at radius 2 is 2.06 bits per heavy atom. The van der Waals surface area contributed by atoms with Gasteiger partial charge < -0.3 is 16.4 Å². The number of aryl methyl sites for hydroxylation is 1. The third-order valence-electron chi connectivity index (χ3n) is 5.82. The number of nitrogens with one attached hydrogen (secondary N) is 3. The fraction of sp³-hybridized carbons (Fsp3) is 0.333. The number of fused-ring (bicyclic) bond motifs is 1. The van der Waals surface area contributed by atoms with Gasteiger partial charge in [0.2, 0.25) is 11.9 Å². The van der Waals surface area contributed by atoms with Gasteiger partial charge >= 0.3 is 0 Å². The second-order valence-electron chi connectivity index (χ2n) is 8.33. The van der Waals surface area contributed by atoms with Crippen LogP contribution in [0.3, 0.4) is 0 Å². The van der Waals surface area contributed by atoms with Crippen LogP contribution in [0.25, 0.3) is 10.8 Å². The van der Waals surface area contributed by atoms with Crippen molar-refractivity contribution in [3.8, 4) is 0 Å². The summed E-state index contributed by atoms with van der Waals surface area (Å²) in [5, 5.41) is 17.0. The Bertz CT molecular complexity index is 1250. The predicted molar refractivity (Wildman–Crippen MR) is 130 cm³/mol. The molecule has 4 rings (SSSR count). The van der Waals surface area contributed by atoms with Crippen LogP contribution >= 0.6 is 0 Å². The highest BCUT2D eigenvalue weighted by Gasteiger charge is 2.23. The molecule has 2 heterocycles. The van der Waals surface area contributed by atoms with E-state index >= 15 is 0 Å². The lowest BCUT2D eigenvalue weighted by molar-refractivity contribution is -0.143. The molecule has 10 nitrogen and oxygen atoms in total. The van der Waals surface area contributed by atoms with Crippen LogP contribution in [0.5, 0.6) is 0 Å². The summed E-state index contributed by atoms with van der Waals surface area (Å²) in [6, 6.07) is 14.3. The monoisotopic (exact) mass is 463 g/mol. The van der Waals surface area contributed by atoms with Gasteiger partial charge in [-0.3, -0.25) is 24.4 Å². The maximum absolute atomic E-state index is 12.9. The first-order valence-electron chi connectivity index (χ1n) is 11.2. The Hall–Kier alpha value is -3.92. The molecule has 3 aromatic rings. The van der Waals surface area contributed by atoms with E-state index in [9.17, 15) is 9.59 Å². The van der Waals surface area contributed by atoms with Crippen LogP contribution in [-0.2, 0) is 22.6 Å². The SMILES string of the molecule is Cc1cnc(NCCc2ccc3ccccc3c2)c(=O)n1CC(=O)NC1CCN(C(=N)N)OC1. The van der Waals surface area contributed by atoms with Crippen LogP contribution < -0.4 is 21.9 Å². The molecule has 0 spiro atoms. The highest BCUT2D eigenvalue weighted by atomic mass is 16.7. The van der Waals surface area contributed by atoms with Crippen molar-refractivity contribution in [1.82, 2.24) is 19.9 Å². The number of carbonyl (C=O) groups is 1. The number of hydrogen-bond acceptors (Lipinski definition) is 6. The van der Waals surface area contributed by atoms with E-state index in [-0.39, 0.29) is 42.4 Å². The number of aromatic nitrogens is 2. The van der Waals surface area contributed by atoms with Crippen molar-refractivity contribution >= 4 is 28.5 Å². The molecule has 1 aliphatic heterocycles. The quantitative estimate of drug-likeness (QED) is 0.307. The minimum absolute atomic E-state index is 0.112. The first-order chi connectivity index (χ1) is 16.4. The molecule has 1 aliphatic rings. The van der Waals surface area contributed by atoms with Crippen molar-refractivity contribution in [3.63, 3.8) is 0 Å². The molecule has 34 heavy (non-hydrogen) atoms. The summed E-state index contributed by atoms with van der Waals surface area (Å²) in [6.45, 7) is 2.81. The standard InChI is InChI=1S/C24H29N7O3/c1-16-13-28-22(27-10-8-17-6-7-18-4-2-3-5-19(18)12-17)23(33)30(16)14-21(32)29-20-9-11-31(24(25)26)34-15-20/h2-7,12-13,20H,8-11,14-15H2,1H3,(H3,25,26)(H,27,28)(H,29,32). The zero-order valence-corrected chi connectivity index (χ0v) is 19.1. The number of nitrogens with two attached hydrogens (primary N) is 1. The Labute approximate surface area is 197 Å². The first kappa shape index (κ1) is 23.2. The maximum Gasteiger partial charge on any atom is 0.293 e. The van der Waals surface area contributed by atoms with Gasteiger partial charge in [0.1, 0.15) is 6.54 Å². The molecule has 1 unspecified atom stereocenters. The first-order valence-corrected chi connectivity index (χ1v) is 11.2. The molecular weight excluding hydrogens is 434 g/mol. The highest BCUT2D eigenvalue weighted by molar-refractivity contribution is 5.83. The Morgan fingerprint density at radius 1 is 1.26 bits per heavy atom. The number of rotatable bonds is 7. The lowest BCUT2D eigenvalue weighted by atomic mass is 10.1. The van der Waals surface area contributed by atoms with Gasteiger partial charge in [-0.15, -0.1) is 0 Å². The van der Waals surface area contributed by atoms with Gasteiger partial charge in [0, 0.05) is 18.4 Å². The van der Waals surface area contributed by atoms with Gasteiger partial charge in [-0.2, -0.15) is 0 Å². The van der Waals surface area contributed by atoms with Gasteiger partial charge in [0.15, 0.2) is 5.82 Å². The van der Waals surface area contributed by atoms with E-state index in [2.05, 4.69) is 45.9 Å². The molecule has 5 N–H and O–H groups in total. The molecule has 1 aromatic heterocycles. The van der Waals surface area contributed by atoms with E-state index in [4.69, 9.17) is 16.0 Å². The van der Waals surface area contributed by atoms with Gasteiger partial charge in [0.25, 0.3) is 5.56 Å². The van der Waals surface area contributed by atoms with Crippen molar-refractivity contribution in [1.29, 1.82) is 5.41 Å². The van der Waals surface area contributed by atoms with Gasteiger partial charge in [-0.25, -0.2) is 10.0 Å². The highest BCUT2D eigenvalue weighted by Crippen LogP contribution is 2.16. The van der Waals surface area contributed by atoms with E-state index in [1.165, 1.54) is 20.4 Å². The third kappa shape index (κ3) is 5.52. The Balaban J connectivity index is 1.34. The fourth-order valence-corrected chi connectivity index (χ4v) is 3.93. The number of hydrogen-bond donors (Lipinski definition) is 4. The maximum atomic E-state index is 12.9. The van der Waals surface area contributed by atoms with Gasteiger partial charge in [-0.05, 0) is 36.1 Å². The molecule has 10 heteroatoms. The molecular formula is C24H29N7O3. The van der Waals surface area contributed by atoms with E-state index in [0.717, 1.165) is 12.0 Å². The molecule has 1 atom stereocenters. The minimum atomic E-state index is -0.337. The zero-order valence-electron chi connectivity index (χ0n) is 19.1. The number of carbonyl (C=O) groups excluding carboxylic acids is 1. The minimum Gasteiger partial charge on any atom is -0.368 e. The summed E-state index contributed by atoms with van der Waals surface area (Å²) < 4.78 is 1.41. The third-order valence-corrected chi connectivity index (χ3v) is 5.82. The molecule has 0 bridgehead atoms. The summed E-state index contributed by atoms with van der Waals surface area (Å²) >= 11 is 0. The van der Waals surface area contributed by atoms with Crippen LogP contribution in [-0.4, -0.2) is 52.2 Å². The summed E-state index contributed by atoms with van der Waals surface area (Å²) in [4.78, 5) is 35.1. The summed E-state index contributed by atoms with van der Waals surface area (Å²) in [6.07, 6.45) is 2.91. The Morgan fingerprint density at radius 3 is 2.79 bits per heavy atom. The Kier molecular flexibility index (Phi) is 7.07. The molecule has 0 aliphatic carbocycles. The number of amides is 1. The number of guanidine groups is 1. The smallest absolute Gasteiger partial charge is 0.293 e. The van der Waals surface area contributed by atoms with Gasteiger partial charge in [-0.1, -0.05) is 42.5 Å². The average molecular weight is 464 g/mol.